The van der Waals surface area contributed by atoms with E-state index in [4.69, 9.17) is 11.6 Å². The maximum absolute atomic E-state index is 5.70. The molecule has 0 spiro atoms. The topological polar surface area (TPSA) is 0 Å². The van der Waals surface area contributed by atoms with Crippen molar-refractivity contribution in [3.05, 3.63) is 66.3 Å². The molecular formula is C16H19Cl. The molecule has 1 aromatic rings. The van der Waals surface area contributed by atoms with Crippen molar-refractivity contribution in [2.75, 3.05) is 5.88 Å². The van der Waals surface area contributed by atoms with Gasteiger partial charge in [0.25, 0.3) is 0 Å². The Kier molecular flexibility index (Phi) is 7.17. The van der Waals surface area contributed by atoms with Crippen molar-refractivity contribution in [1.82, 2.24) is 0 Å². The van der Waals surface area contributed by atoms with Crippen molar-refractivity contribution in [2.45, 2.75) is 19.3 Å². The molecule has 0 saturated heterocycles. The van der Waals surface area contributed by atoms with Crippen LogP contribution in [0.25, 0.3) is 6.08 Å². The van der Waals surface area contributed by atoms with E-state index in [1.165, 1.54) is 11.1 Å². The van der Waals surface area contributed by atoms with Crippen molar-refractivity contribution in [3.63, 3.8) is 0 Å². The van der Waals surface area contributed by atoms with Crippen LogP contribution >= 0.6 is 11.6 Å². The number of rotatable bonds is 7. The third-order valence-electron chi connectivity index (χ3n) is 2.45. The summed E-state index contributed by atoms with van der Waals surface area (Å²) in [7, 11) is 0. The van der Waals surface area contributed by atoms with Gasteiger partial charge in [0.2, 0.25) is 0 Å². The molecule has 1 heteroatoms. The average molecular weight is 247 g/mol. The summed E-state index contributed by atoms with van der Waals surface area (Å²) in [6.45, 7) is 3.70. The number of allylic oxidation sites excluding steroid dienone is 4. The lowest BCUT2D eigenvalue weighted by Crippen LogP contribution is -1.83. The molecule has 1 rings (SSSR count). The molecule has 0 amide bonds. The molecule has 0 N–H and O–H groups in total. The SMILES string of the molecule is C=CC=CC(=Cc1ccccc1)CCCCCl. The van der Waals surface area contributed by atoms with Crippen molar-refractivity contribution in [1.29, 1.82) is 0 Å². The third kappa shape index (κ3) is 6.13. The molecule has 0 radical (unpaired) electrons. The second-order valence-electron chi connectivity index (χ2n) is 3.87. The molecule has 17 heavy (non-hydrogen) atoms. The molecule has 90 valence electrons. The molecular weight excluding hydrogens is 228 g/mol. The van der Waals surface area contributed by atoms with Crippen LogP contribution in [0.1, 0.15) is 24.8 Å². The van der Waals surface area contributed by atoms with Crippen molar-refractivity contribution in [2.24, 2.45) is 0 Å². The Morgan fingerprint density at radius 3 is 2.59 bits per heavy atom. The summed E-state index contributed by atoms with van der Waals surface area (Å²) >= 11 is 5.70. The maximum Gasteiger partial charge on any atom is 0.0223 e. The van der Waals surface area contributed by atoms with Gasteiger partial charge >= 0.3 is 0 Å². The highest BCUT2D eigenvalue weighted by Crippen LogP contribution is 2.14. The Labute approximate surface area is 109 Å². The minimum absolute atomic E-state index is 0.740. The van der Waals surface area contributed by atoms with Gasteiger partial charge in [-0.3, -0.25) is 0 Å². The van der Waals surface area contributed by atoms with Crippen LogP contribution in [0.2, 0.25) is 0 Å². The van der Waals surface area contributed by atoms with Gasteiger partial charge in [-0.2, -0.15) is 0 Å². The second-order valence-corrected chi connectivity index (χ2v) is 4.25. The van der Waals surface area contributed by atoms with Crippen LogP contribution in [-0.4, -0.2) is 5.88 Å². The van der Waals surface area contributed by atoms with E-state index in [9.17, 15) is 0 Å². The standard InChI is InChI=1S/C16H19Cl/c1-2-3-9-15(12-7-8-13-17)14-16-10-5-4-6-11-16/h2-6,9-11,14H,1,7-8,12-13H2. The van der Waals surface area contributed by atoms with E-state index in [-0.39, 0.29) is 0 Å². The second kappa shape index (κ2) is 8.83. The van der Waals surface area contributed by atoms with E-state index in [1.807, 2.05) is 12.1 Å². The van der Waals surface area contributed by atoms with E-state index in [0.29, 0.717) is 0 Å². The average Bonchev–Trinajstić information content (AvgIpc) is 2.37. The van der Waals surface area contributed by atoms with Gasteiger partial charge in [-0.15, -0.1) is 11.6 Å². The molecule has 0 fully saturated rings. The van der Waals surface area contributed by atoms with Gasteiger partial charge in [0.05, 0.1) is 0 Å². The number of hydrogen-bond donors (Lipinski definition) is 0. The van der Waals surface area contributed by atoms with Gasteiger partial charge in [0.15, 0.2) is 0 Å². The fourth-order valence-electron chi connectivity index (χ4n) is 1.58. The monoisotopic (exact) mass is 246 g/mol. The summed E-state index contributed by atoms with van der Waals surface area (Å²) in [5.41, 5.74) is 2.56. The largest absolute Gasteiger partial charge is 0.127 e. The Balaban J connectivity index is 2.71. The molecule has 0 bridgehead atoms. The predicted octanol–water partition coefficient (Wildman–Crippen LogP) is 5.22. The minimum atomic E-state index is 0.740. The van der Waals surface area contributed by atoms with Crippen LogP contribution in [0, 0.1) is 0 Å². The summed E-state index contributed by atoms with van der Waals surface area (Å²) in [4.78, 5) is 0. The molecule has 0 aliphatic heterocycles. The smallest absolute Gasteiger partial charge is 0.0223 e. The quantitative estimate of drug-likeness (QED) is 0.351. The lowest BCUT2D eigenvalue weighted by molar-refractivity contribution is 0.805. The maximum atomic E-state index is 5.70. The number of unbranched alkanes of at least 4 members (excludes halogenated alkanes) is 1. The summed E-state index contributed by atoms with van der Waals surface area (Å²) < 4.78 is 0. The normalized spacial score (nSPS) is 11.9. The Morgan fingerprint density at radius 2 is 1.94 bits per heavy atom. The molecule has 0 atom stereocenters. The van der Waals surface area contributed by atoms with Crippen LogP contribution in [0.3, 0.4) is 0 Å². The van der Waals surface area contributed by atoms with Gasteiger partial charge in [-0.1, -0.05) is 61.2 Å². The summed E-state index contributed by atoms with van der Waals surface area (Å²) in [6, 6.07) is 10.4. The number of halogens is 1. The Hall–Kier alpha value is -1.27. The number of alkyl halides is 1. The molecule has 0 aliphatic carbocycles. The molecule has 0 unspecified atom stereocenters. The molecule has 1 aromatic carbocycles. The van der Waals surface area contributed by atoms with E-state index < -0.39 is 0 Å². The summed E-state index contributed by atoms with van der Waals surface area (Å²) in [5, 5.41) is 0. The number of hydrogen-bond acceptors (Lipinski definition) is 0. The first-order chi connectivity index (χ1) is 8.36. The fraction of sp³-hybridized carbons (Fsp3) is 0.250. The lowest BCUT2D eigenvalue weighted by atomic mass is 10.0. The predicted molar refractivity (Wildman–Crippen MR) is 78.3 cm³/mol. The fourth-order valence-corrected chi connectivity index (χ4v) is 1.77. The van der Waals surface area contributed by atoms with Crippen molar-refractivity contribution >= 4 is 17.7 Å². The van der Waals surface area contributed by atoms with Crippen LogP contribution in [0.4, 0.5) is 0 Å². The Morgan fingerprint density at radius 1 is 1.18 bits per heavy atom. The summed E-state index contributed by atoms with van der Waals surface area (Å²) in [5.74, 6) is 0.740. The highest BCUT2D eigenvalue weighted by atomic mass is 35.5. The molecule has 0 nitrogen and oxygen atoms in total. The van der Waals surface area contributed by atoms with Crippen LogP contribution in [-0.2, 0) is 0 Å². The highest BCUT2D eigenvalue weighted by molar-refractivity contribution is 6.17. The van der Waals surface area contributed by atoms with Crippen LogP contribution < -0.4 is 0 Å². The van der Waals surface area contributed by atoms with E-state index in [0.717, 1.165) is 25.1 Å². The van der Waals surface area contributed by atoms with Gasteiger partial charge in [0, 0.05) is 5.88 Å². The zero-order chi connectivity index (χ0) is 12.3. The van der Waals surface area contributed by atoms with Crippen molar-refractivity contribution < 1.29 is 0 Å². The van der Waals surface area contributed by atoms with Gasteiger partial charge in [-0.05, 0) is 30.4 Å². The summed E-state index contributed by atoms with van der Waals surface area (Å²) in [6.07, 6.45) is 11.4. The third-order valence-corrected chi connectivity index (χ3v) is 2.71. The number of benzene rings is 1. The first-order valence-corrected chi connectivity index (χ1v) is 6.51. The van der Waals surface area contributed by atoms with E-state index in [2.05, 4.69) is 43.0 Å². The molecule has 0 aromatic heterocycles. The zero-order valence-electron chi connectivity index (χ0n) is 10.1. The van der Waals surface area contributed by atoms with Crippen LogP contribution in [0.15, 0.2) is 60.7 Å². The first-order valence-electron chi connectivity index (χ1n) is 5.97. The molecule has 0 saturated carbocycles. The Bertz CT molecular complexity index is 374. The lowest BCUT2D eigenvalue weighted by Gasteiger charge is -2.02. The van der Waals surface area contributed by atoms with E-state index in [1.54, 1.807) is 6.08 Å². The van der Waals surface area contributed by atoms with Crippen LogP contribution in [0.5, 0.6) is 0 Å². The van der Waals surface area contributed by atoms with Gasteiger partial charge in [0.1, 0.15) is 0 Å². The molecule has 0 heterocycles. The van der Waals surface area contributed by atoms with Gasteiger partial charge < -0.3 is 0 Å². The zero-order valence-corrected chi connectivity index (χ0v) is 10.9. The van der Waals surface area contributed by atoms with E-state index >= 15 is 0 Å². The minimum Gasteiger partial charge on any atom is -0.127 e. The molecule has 0 aliphatic rings. The van der Waals surface area contributed by atoms with Gasteiger partial charge in [-0.25, -0.2) is 0 Å². The van der Waals surface area contributed by atoms with Crippen molar-refractivity contribution in [3.8, 4) is 0 Å². The first kappa shape index (κ1) is 13.8. The highest BCUT2D eigenvalue weighted by Gasteiger charge is 1.94.